The van der Waals surface area contributed by atoms with E-state index in [9.17, 15) is 4.79 Å². The highest BCUT2D eigenvalue weighted by atomic mass is 35.5. The smallest absolute Gasteiger partial charge is 0.251 e. The number of carbonyl (C=O) groups excluding carboxylic acids is 1. The van der Waals surface area contributed by atoms with E-state index in [1.165, 1.54) is 25.7 Å². The molecule has 2 atom stereocenters. The Kier molecular flexibility index (Phi) is 5.12. The van der Waals surface area contributed by atoms with E-state index in [1.807, 2.05) is 24.3 Å². The molecule has 3 fully saturated rings. The zero-order valence-electron chi connectivity index (χ0n) is 13.3. The first-order valence-corrected chi connectivity index (χ1v) is 8.56. The highest BCUT2D eigenvalue weighted by Crippen LogP contribution is 2.29. The summed E-state index contributed by atoms with van der Waals surface area (Å²) in [6.45, 7) is 0.809. The van der Waals surface area contributed by atoms with Crippen molar-refractivity contribution < 1.29 is 9.53 Å². The Morgan fingerprint density at radius 1 is 1.09 bits per heavy atom. The summed E-state index contributed by atoms with van der Waals surface area (Å²) in [6.07, 6.45) is 7.21. The van der Waals surface area contributed by atoms with Crippen LogP contribution in [0.3, 0.4) is 0 Å². The molecule has 1 amide bonds. The lowest BCUT2D eigenvalue weighted by atomic mass is 9.99. The van der Waals surface area contributed by atoms with E-state index in [0.29, 0.717) is 18.1 Å². The second kappa shape index (κ2) is 7.10. The van der Waals surface area contributed by atoms with E-state index in [2.05, 4.69) is 10.6 Å². The molecule has 1 saturated carbocycles. The first kappa shape index (κ1) is 16.6. The Morgan fingerprint density at radius 3 is 2.35 bits per heavy atom. The molecule has 0 radical (unpaired) electrons. The third kappa shape index (κ3) is 4.18. The first-order chi connectivity index (χ1) is 10.8. The van der Waals surface area contributed by atoms with Gasteiger partial charge in [0.25, 0.3) is 5.91 Å². The number of nitrogens with one attached hydrogen (secondary N) is 2. The molecular formula is C18H25ClN2O2. The van der Waals surface area contributed by atoms with Crippen molar-refractivity contribution >= 4 is 18.3 Å². The Labute approximate surface area is 143 Å². The van der Waals surface area contributed by atoms with Gasteiger partial charge in [0.1, 0.15) is 5.75 Å². The van der Waals surface area contributed by atoms with Crippen molar-refractivity contribution in [3.63, 3.8) is 0 Å². The van der Waals surface area contributed by atoms with Crippen LogP contribution in [0.5, 0.6) is 5.75 Å². The molecular weight excluding hydrogens is 312 g/mol. The maximum absolute atomic E-state index is 12.4. The molecule has 2 aliphatic heterocycles. The highest BCUT2D eigenvalue weighted by molar-refractivity contribution is 5.94. The Balaban J connectivity index is 0.00000156. The fourth-order valence-electron chi connectivity index (χ4n) is 3.64. The van der Waals surface area contributed by atoms with E-state index in [1.54, 1.807) is 0 Å². The number of benzene rings is 1. The first-order valence-electron chi connectivity index (χ1n) is 8.56. The van der Waals surface area contributed by atoms with E-state index in [4.69, 9.17) is 4.74 Å². The monoisotopic (exact) mass is 336 g/mol. The summed E-state index contributed by atoms with van der Waals surface area (Å²) in [5.74, 6) is 1.65. The molecule has 3 aliphatic rings. The topological polar surface area (TPSA) is 50.4 Å². The summed E-state index contributed by atoms with van der Waals surface area (Å²) in [5.41, 5.74) is 0.727. The SMILES string of the molecule is Cl.O=C(NC1CC2CCC(C1)N2)c1ccc(OCC2CC2)cc1. The van der Waals surface area contributed by atoms with Gasteiger partial charge in [-0.25, -0.2) is 0 Å². The second-order valence-electron chi connectivity index (χ2n) is 7.06. The van der Waals surface area contributed by atoms with Crippen molar-refractivity contribution in [2.24, 2.45) is 5.92 Å². The average Bonchev–Trinajstić information content (AvgIpc) is 3.30. The molecule has 4 nitrogen and oxygen atoms in total. The number of hydrogen-bond acceptors (Lipinski definition) is 3. The van der Waals surface area contributed by atoms with Gasteiger partial charge in [-0.3, -0.25) is 4.79 Å². The fraction of sp³-hybridized carbons (Fsp3) is 0.611. The van der Waals surface area contributed by atoms with Crippen LogP contribution in [-0.4, -0.2) is 30.6 Å². The number of halogens is 1. The number of fused-ring (bicyclic) bond motifs is 2. The van der Waals surface area contributed by atoms with Gasteiger partial charge < -0.3 is 15.4 Å². The number of ether oxygens (including phenoxy) is 1. The lowest BCUT2D eigenvalue weighted by Crippen LogP contribution is -2.48. The van der Waals surface area contributed by atoms with Gasteiger partial charge in [0.15, 0.2) is 0 Å². The average molecular weight is 337 g/mol. The van der Waals surface area contributed by atoms with Crippen LogP contribution in [0.4, 0.5) is 0 Å². The van der Waals surface area contributed by atoms with Crippen LogP contribution in [0.25, 0.3) is 0 Å². The van der Waals surface area contributed by atoms with Crippen molar-refractivity contribution in [1.82, 2.24) is 10.6 Å². The largest absolute Gasteiger partial charge is 0.493 e. The van der Waals surface area contributed by atoms with Gasteiger partial charge in [0.2, 0.25) is 0 Å². The normalized spacial score (nSPS) is 28.8. The molecule has 126 valence electrons. The van der Waals surface area contributed by atoms with Crippen LogP contribution in [0.2, 0.25) is 0 Å². The number of rotatable bonds is 5. The molecule has 4 rings (SSSR count). The summed E-state index contributed by atoms with van der Waals surface area (Å²) >= 11 is 0. The third-order valence-corrected chi connectivity index (χ3v) is 5.11. The van der Waals surface area contributed by atoms with Gasteiger partial charge in [-0.1, -0.05) is 0 Å². The van der Waals surface area contributed by atoms with Crippen molar-refractivity contribution in [1.29, 1.82) is 0 Å². The Hall–Kier alpha value is -1.26. The standard InChI is InChI=1S/C18H24N2O2.ClH/c21-18(20-16-9-14-5-6-15(10-16)19-14)13-3-7-17(8-4-13)22-11-12-1-2-12;/h3-4,7-8,12,14-16,19H,1-2,5-6,9-11H2,(H,20,21);1H. The maximum atomic E-state index is 12.4. The highest BCUT2D eigenvalue weighted by Gasteiger charge is 2.34. The van der Waals surface area contributed by atoms with Crippen LogP contribution in [-0.2, 0) is 0 Å². The molecule has 1 aliphatic carbocycles. The molecule has 2 N–H and O–H groups in total. The molecule has 2 heterocycles. The quantitative estimate of drug-likeness (QED) is 0.869. The van der Waals surface area contributed by atoms with E-state index < -0.39 is 0 Å². The van der Waals surface area contributed by atoms with Crippen LogP contribution in [0, 0.1) is 5.92 Å². The Morgan fingerprint density at radius 2 is 1.74 bits per heavy atom. The minimum absolute atomic E-state index is 0. The van der Waals surface area contributed by atoms with Crippen molar-refractivity contribution in [3.8, 4) is 5.75 Å². The number of carbonyl (C=O) groups is 1. The minimum atomic E-state index is 0. The predicted octanol–water partition coefficient (Wildman–Crippen LogP) is 2.91. The molecule has 23 heavy (non-hydrogen) atoms. The second-order valence-corrected chi connectivity index (χ2v) is 7.06. The van der Waals surface area contributed by atoms with Gasteiger partial charge >= 0.3 is 0 Å². The van der Waals surface area contributed by atoms with Crippen LogP contribution < -0.4 is 15.4 Å². The van der Waals surface area contributed by atoms with Crippen LogP contribution >= 0.6 is 12.4 Å². The Bertz CT molecular complexity index is 532. The van der Waals surface area contributed by atoms with Crippen molar-refractivity contribution in [2.45, 2.75) is 56.7 Å². The molecule has 5 heteroatoms. The summed E-state index contributed by atoms with van der Waals surface area (Å²) in [4.78, 5) is 12.4. The van der Waals surface area contributed by atoms with Crippen LogP contribution in [0.15, 0.2) is 24.3 Å². The predicted molar refractivity (Wildman–Crippen MR) is 92.3 cm³/mol. The number of piperidine rings is 1. The third-order valence-electron chi connectivity index (χ3n) is 5.11. The zero-order chi connectivity index (χ0) is 14.9. The molecule has 1 aromatic carbocycles. The minimum Gasteiger partial charge on any atom is -0.493 e. The summed E-state index contributed by atoms with van der Waals surface area (Å²) < 4.78 is 5.71. The molecule has 2 unspecified atom stereocenters. The fourth-order valence-corrected chi connectivity index (χ4v) is 3.64. The van der Waals surface area contributed by atoms with Gasteiger partial charge in [-0.15, -0.1) is 12.4 Å². The molecule has 2 bridgehead atoms. The van der Waals surface area contributed by atoms with E-state index in [0.717, 1.165) is 36.7 Å². The molecule has 2 saturated heterocycles. The summed E-state index contributed by atoms with van der Waals surface area (Å²) in [7, 11) is 0. The molecule has 0 spiro atoms. The van der Waals surface area contributed by atoms with Gasteiger partial charge in [-0.05, 0) is 68.7 Å². The van der Waals surface area contributed by atoms with Crippen molar-refractivity contribution in [3.05, 3.63) is 29.8 Å². The lowest BCUT2D eigenvalue weighted by molar-refractivity contribution is 0.0924. The van der Waals surface area contributed by atoms with E-state index in [-0.39, 0.29) is 18.3 Å². The maximum Gasteiger partial charge on any atom is 0.251 e. The van der Waals surface area contributed by atoms with E-state index >= 15 is 0 Å². The van der Waals surface area contributed by atoms with Crippen LogP contribution in [0.1, 0.15) is 48.9 Å². The number of hydrogen-bond donors (Lipinski definition) is 2. The summed E-state index contributed by atoms with van der Waals surface area (Å²) in [5, 5.41) is 6.80. The molecule has 1 aromatic rings. The lowest BCUT2D eigenvalue weighted by Gasteiger charge is -2.29. The van der Waals surface area contributed by atoms with Gasteiger partial charge in [0, 0.05) is 23.7 Å². The molecule has 0 aromatic heterocycles. The van der Waals surface area contributed by atoms with Gasteiger partial charge in [-0.2, -0.15) is 0 Å². The van der Waals surface area contributed by atoms with Crippen molar-refractivity contribution in [2.75, 3.05) is 6.61 Å². The number of amides is 1. The van der Waals surface area contributed by atoms with Gasteiger partial charge in [0.05, 0.1) is 6.61 Å². The summed E-state index contributed by atoms with van der Waals surface area (Å²) in [6, 6.07) is 9.06. The zero-order valence-corrected chi connectivity index (χ0v) is 14.1.